The summed E-state index contributed by atoms with van der Waals surface area (Å²) >= 11 is 0. The number of hydrogen-bond donors (Lipinski definition) is 2. The largest absolute Gasteiger partial charge is 0.326 e. The molecule has 1 aliphatic heterocycles. The summed E-state index contributed by atoms with van der Waals surface area (Å²) in [5.74, 6) is 0.406. The number of rotatable bonds is 3. The van der Waals surface area contributed by atoms with Crippen LogP contribution in [-0.2, 0) is 6.54 Å². The van der Waals surface area contributed by atoms with Crippen molar-refractivity contribution < 1.29 is 0 Å². The predicted octanol–water partition coefficient (Wildman–Crippen LogP) is 2.19. The highest BCUT2D eigenvalue weighted by Crippen LogP contribution is 2.27. The number of pyridine rings is 1. The summed E-state index contributed by atoms with van der Waals surface area (Å²) in [6.07, 6.45) is 1.92. The van der Waals surface area contributed by atoms with E-state index in [1.807, 2.05) is 13.1 Å². The van der Waals surface area contributed by atoms with Crippen LogP contribution in [0.2, 0.25) is 0 Å². The van der Waals surface area contributed by atoms with Crippen LogP contribution >= 0.6 is 0 Å². The quantitative estimate of drug-likeness (QED) is 0.778. The van der Waals surface area contributed by atoms with E-state index in [-0.39, 0.29) is 6.04 Å². The molecule has 0 saturated carbocycles. The minimum Gasteiger partial charge on any atom is -0.326 e. The van der Waals surface area contributed by atoms with Crippen LogP contribution in [0, 0.1) is 6.92 Å². The van der Waals surface area contributed by atoms with E-state index in [0.29, 0.717) is 5.92 Å². The molecular weight excluding hydrogens is 286 g/mol. The lowest BCUT2D eigenvalue weighted by molar-refractivity contribution is 0.323. The SMILES string of the molecule is Cc1[nH]nc2ncc(CN3C[C@@H](N)[C@H](c4ccccc4)C3)cc12. The zero-order valence-electron chi connectivity index (χ0n) is 13.2. The van der Waals surface area contributed by atoms with Gasteiger partial charge in [-0.15, -0.1) is 0 Å². The van der Waals surface area contributed by atoms with Gasteiger partial charge >= 0.3 is 0 Å². The number of fused-ring (bicyclic) bond motifs is 1. The average Bonchev–Trinajstić information content (AvgIpc) is 3.12. The lowest BCUT2D eigenvalue weighted by Crippen LogP contribution is -2.28. The molecule has 3 heterocycles. The van der Waals surface area contributed by atoms with Crippen LogP contribution in [0.5, 0.6) is 0 Å². The normalized spacial score (nSPS) is 22.0. The Morgan fingerprint density at radius 1 is 1.26 bits per heavy atom. The predicted molar refractivity (Wildman–Crippen MR) is 91.1 cm³/mol. The zero-order valence-corrected chi connectivity index (χ0v) is 13.2. The maximum absolute atomic E-state index is 6.38. The number of likely N-dealkylation sites (tertiary alicyclic amines) is 1. The van der Waals surface area contributed by atoms with Crippen LogP contribution in [0.3, 0.4) is 0 Å². The van der Waals surface area contributed by atoms with Gasteiger partial charge in [0.15, 0.2) is 5.65 Å². The van der Waals surface area contributed by atoms with Crippen molar-refractivity contribution >= 4 is 11.0 Å². The molecule has 2 atom stereocenters. The van der Waals surface area contributed by atoms with E-state index in [9.17, 15) is 0 Å². The summed E-state index contributed by atoms with van der Waals surface area (Å²) < 4.78 is 0. The molecule has 2 aromatic heterocycles. The molecule has 0 radical (unpaired) electrons. The van der Waals surface area contributed by atoms with Gasteiger partial charge in [0.25, 0.3) is 0 Å². The highest BCUT2D eigenvalue weighted by atomic mass is 15.2. The van der Waals surface area contributed by atoms with Crippen LogP contribution in [-0.4, -0.2) is 39.2 Å². The van der Waals surface area contributed by atoms with Crippen molar-refractivity contribution in [3.05, 3.63) is 59.4 Å². The Morgan fingerprint density at radius 2 is 2.09 bits per heavy atom. The van der Waals surface area contributed by atoms with Gasteiger partial charge in [0, 0.05) is 48.9 Å². The summed E-state index contributed by atoms with van der Waals surface area (Å²) in [5, 5.41) is 8.27. The Labute approximate surface area is 135 Å². The molecule has 0 aliphatic carbocycles. The van der Waals surface area contributed by atoms with Crippen LogP contribution < -0.4 is 5.73 Å². The number of nitrogens with two attached hydrogens (primary N) is 1. The Balaban J connectivity index is 1.51. The van der Waals surface area contributed by atoms with Crippen LogP contribution in [0.15, 0.2) is 42.6 Å². The van der Waals surface area contributed by atoms with E-state index in [2.05, 4.69) is 56.5 Å². The smallest absolute Gasteiger partial charge is 0.181 e. The Bertz CT molecular complexity index is 811. The van der Waals surface area contributed by atoms with Crippen molar-refractivity contribution in [1.29, 1.82) is 0 Å². The molecular formula is C18H21N5. The van der Waals surface area contributed by atoms with Gasteiger partial charge in [0.05, 0.1) is 0 Å². The Morgan fingerprint density at radius 3 is 2.91 bits per heavy atom. The third-order valence-electron chi connectivity index (χ3n) is 4.73. The Kier molecular flexibility index (Phi) is 3.59. The van der Waals surface area contributed by atoms with Gasteiger partial charge in [-0.1, -0.05) is 30.3 Å². The molecule has 0 amide bonds. The molecule has 3 N–H and O–H groups in total. The number of nitrogens with zero attached hydrogens (tertiary/aromatic N) is 3. The van der Waals surface area contributed by atoms with Crippen LogP contribution in [0.4, 0.5) is 0 Å². The first-order valence-corrected chi connectivity index (χ1v) is 8.03. The average molecular weight is 307 g/mol. The monoisotopic (exact) mass is 307 g/mol. The number of hydrogen-bond acceptors (Lipinski definition) is 4. The standard InChI is InChI=1S/C18H21N5/c1-12-15-7-13(8-20-18(15)22-21-12)9-23-10-16(17(19)11-23)14-5-3-2-4-6-14/h2-8,16-17H,9-11,19H2,1H3,(H,20,21,22)/t16-,17+/m0/s1. The van der Waals surface area contributed by atoms with Crippen LogP contribution in [0.1, 0.15) is 22.7 Å². The first-order chi connectivity index (χ1) is 11.2. The molecule has 4 rings (SSSR count). The van der Waals surface area contributed by atoms with Gasteiger partial charge in [-0.05, 0) is 24.1 Å². The van der Waals surface area contributed by atoms with E-state index in [0.717, 1.165) is 36.4 Å². The van der Waals surface area contributed by atoms with E-state index >= 15 is 0 Å². The Hall–Kier alpha value is -2.24. The molecule has 23 heavy (non-hydrogen) atoms. The number of aryl methyl sites for hydroxylation is 1. The van der Waals surface area contributed by atoms with Crippen molar-refractivity contribution in [3.8, 4) is 0 Å². The molecule has 5 nitrogen and oxygen atoms in total. The molecule has 0 spiro atoms. The van der Waals surface area contributed by atoms with Crippen molar-refractivity contribution in [2.75, 3.05) is 13.1 Å². The van der Waals surface area contributed by atoms with E-state index < -0.39 is 0 Å². The topological polar surface area (TPSA) is 70.8 Å². The van der Waals surface area contributed by atoms with Gasteiger partial charge < -0.3 is 5.73 Å². The highest BCUT2D eigenvalue weighted by molar-refractivity contribution is 5.77. The van der Waals surface area contributed by atoms with Crippen molar-refractivity contribution in [3.63, 3.8) is 0 Å². The summed E-state index contributed by atoms with van der Waals surface area (Å²) in [7, 11) is 0. The summed E-state index contributed by atoms with van der Waals surface area (Å²) in [6, 6.07) is 12.9. The maximum atomic E-state index is 6.38. The number of aromatic nitrogens is 3. The molecule has 3 aromatic rings. The number of H-pyrrole nitrogens is 1. The summed E-state index contributed by atoms with van der Waals surface area (Å²) in [4.78, 5) is 6.86. The number of aromatic amines is 1. The first kappa shape index (κ1) is 14.4. The lowest BCUT2D eigenvalue weighted by atomic mass is 9.95. The van der Waals surface area contributed by atoms with E-state index in [4.69, 9.17) is 5.73 Å². The third-order valence-corrected chi connectivity index (χ3v) is 4.73. The first-order valence-electron chi connectivity index (χ1n) is 8.03. The van der Waals surface area contributed by atoms with Gasteiger partial charge in [-0.3, -0.25) is 10.00 Å². The summed E-state index contributed by atoms with van der Waals surface area (Å²) in [5.41, 5.74) is 10.8. The molecule has 1 aromatic carbocycles. The minimum absolute atomic E-state index is 0.185. The third kappa shape index (κ3) is 2.73. The fourth-order valence-electron chi connectivity index (χ4n) is 3.50. The fraction of sp³-hybridized carbons (Fsp3) is 0.333. The van der Waals surface area contributed by atoms with Crippen molar-refractivity contribution in [2.45, 2.75) is 25.4 Å². The van der Waals surface area contributed by atoms with Gasteiger partial charge in [-0.25, -0.2) is 4.98 Å². The molecule has 0 unspecified atom stereocenters. The second kappa shape index (κ2) is 5.76. The molecule has 1 fully saturated rings. The minimum atomic E-state index is 0.185. The summed E-state index contributed by atoms with van der Waals surface area (Å²) in [6.45, 7) is 4.82. The molecule has 0 bridgehead atoms. The van der Waals surface area contributed by atoms with E-state index in [1.54, 1.807) is 0 Å². The molecule has 1 saturated heterocycles. The van der Waals surface area contributed by atoms with Gasteiger partial charge in [-0.2, -0.15) is 5.10 Å². The second-order valence-corrected chi connectivity index (χ2v) is 6.44. The van der Waals surface area contributed by atoms with Gasteiger partial charge in [0.1, 0.15) is 0 Å². The van der Waals surface area contributed by atoms with Crippen molar-refractivity contribution in [2.24, 2.45) is 5.73 Å². The fourth-order valence-corrected chi connectivity index (χ4v) is 3.50. The van der Waals surface area contributed by atoms with Gasteiger partial charge in [0.2, 0.25) is 0 Å². The van der Waals surface area contributed by atoms with E-state index in [1.165, 1.54) is 11.1 Å². The van der Waals surface area contributed by atoms with Crippen molar-refractivity contribution in [1.82, 2.24) is 20.1 Å². The number of benzene rings is 1. The second-order valence-electron chi connectivity index (χ2n) is 6.44. The molecule has 1 aliphatic rings. The maximum Gasteiger partial charge on any atom is 0.181 e. The molecule has 118 valence electrons. The lowest BCUT2D eigenvalue weighted by Gasteiger charge is -2.16. The number of nitrogens with one attached hydrogen (secondary N) is 1. The zero-order chi connectivity index (χ0) is 15.8. The highest BCUT2D eigenvalue weighted by Gasteiger charge is 2.31. The molecule has 5 heteroatoms. The van der Waals surface area contributed by atoms with Crippen LogP contribution in [0.25, 0.3) is 11.0 Å².